The summed E-state index contributed by atoms with van der Waals surface area (Å²) in [6.07, 6.45) is 11.3. The molecule has 2 aliphatic rings. The van der Waals surface area contributed by atoms with Gasteiger partial charge in [0.1, 0.15) is 0 Å². The lowest BCUT2D eigenvalue weighted by molar-refractivity contribution is -0.00675. The summed E-state index contributed by atoms with van der Waals surface area (Å²) in [5, 5.41) is 0. The lowest BCUT2D eigenvalue weighted by atomic mass is 9.81. The van der Waals surface area contributed by atoms with Crippen LogP contribution in [0, 0.1) is 11.8 Å². The van der Waals surface area contributed by atoms with Crippen LogP contribution in [-0.4, -0.2) is 12.2 Å². The summed E-state index contributed by atoms with van der Waals surface area (Å²) in [4.78, 5) is 0. The van der Waals surface area contributed by atoms with Gasteiger partial charge in [0.25, 0.3) is 0 Å². The quantitative estimate of drug-likeness (QED) is 0.648. The lowest BCUT2D eigenvalue weighted by Gasteiger charge is -2.27. The number of hydrogen-bond acceptors (Lipinski definition) is 1. The Kier molecular flexibility index (Phi) is 5.36. The zero-order valence-electron chi connectivity index (χ0n) is 14.0. The van der Waals surface area contributed by atoms with Crippen molar-refractivity contribution in [2.24, 2.45) is 11.8 Å². The standard InChI is InChI=1S/C21H30O/c1-16(2)19-15-21(18-11-7-4-8-12-18)22-20(19)14-13-17-9-5-3-6-10-17/h3,5-6,9-10,18-21H,1,4,7-8,11-15H2,2H3/t19-,20-,21-/m1/s1. The van der Waals surface area contributed by atoms with Gasteiger partial charge in [-0.05, 0) is 50.5 Å². The summed E-state index contributed by atoms with van der Waals surface area (Å²) in [7, 11) is 0. The predicted octanol–water partition coefficient (Wildman–Crippen LogP) is 5.55. The van der Waals surface area contributed by atoms with E-state index < -0.39 is 0 Å². The molecule has 1 heteroatoms. The van der Waals surface area contributed by atoms with Crippen molar-refractivity contribution in [3.05, 3.63) is 48.0 Å². The molecule has 1 saturated carbocycles. The minimum absolute atomic E-state index is 0.379. The summed E-state index contributed by atoms with van der Waals surface area (Å²) in [5.74, 6) is 1.37. The van der Waals surface area contributed by atoms with Crippen molar-refractivity contribution in [1.29, 1.82) is 0 Å². The molecule has 1 aromatic rings. The molecule has 120 valence electrons. The van der Waals surface area contributed by atoms with Crippen LogP contribution in [-0.2, 0) is 11.2 Å². The highest BCUT2D eigenvalue weighted by molar-refractivity contribution is 5.15. The number of rotatable bonds is 5. The summed E-state index contributed by atoms with van der Waals surface area (Å²) in [5.41, 5.74) is 2.74. The molecule has 0 amide bonds. The van der Waals surface area contributed by atoms with Crippen molar-refractivity contribution in [3.63, 3.8) is 0 Å². The van der Waals surface area contributed by atoms with Gasteiger partial charge in [-0.25, -0.2) is 0 Å². The van der Waals surface area contributed by atoms with E-state index in [9.17, 15) is 0 Å². The van der Waals surface area contributed by atoms with Crippen molar-refractivity contribution >= 4 is 0 Å². The van der Waals surface area contributed by atoms with Gasteiger partial charge in [0.05, 0.1) is 12.2 Å². The van der Waals surface area contributed by atoms with Crippen LogP contribution >= 0.6 is 0 Å². The first-order chi connectivity index (χ1) is 10.7. The minimum atomic E-state index is 0.379. The Morgan fingerprint density at radius 3 is 2.55 bits per heavy atom. The van der Waals surface area contributed by atoms with E-state index in [-0.39, 0.29) is 0 Å². The van der Waals surface area contributed by atoms with E-state index >= 15 is 0 Å². The van der Waals surface area contributed by atoms with E-state index in [1.54, 1.807) is 0 Å². The Morgan fingerprint density at radius 1 is 1.14 bits per heavy atom. The first kappa shape index (κ1) is 15.8. The first-order valence-corrected chi connectivity index (χ1v) is 9.09. The van der Waals surface area contributed by atoms with Gasteiger partial charge in [0, 0.05) is 5.92 Å². The molecule has 0 radical (unpaired) electrons. The van der Waals surface area contributed by atoms with Crippen LogP contribution in [0.25, 0.3) is 0 Å². The van der Waals surface area contributed by atoms with Gasteiger partial charge in [-0.15, -0.1) is 0 Å². The maximum Gasteiger partial charge on any atom is 0.0648 e. The third kappa shape index (κ3) is 3.81. The second-order valence-electron chi connectivity index (χ2n) is 7.32. The van der Waals surface area contributed by atoms with E-state index in [1.807, 2.05) is 0 Å². The van der Waals surface area contributed by atoms with Crippen LogP contribution in [0.4, 0.5) is 0 Å². The number of hydrogen-bond donors (Lipinski definition) is 0. The Labute approximate surface area is 135 Å². The first-order valence-electron chi connectivity index (χ1n) is 9.09. The van der Waals surface area contributed by atoms with Crippen molar-refractivity contribution in [3.8, 4) is 0 Å². The fourth-order valence-electron chi connectivity index (χ4n) is 4.33. The molecule has 0 unspecified atom stereocenters. The number of ether oxygens (including phenoxy) is 1. The van der Waals surface area contributed by atoms with E-state index in [0.717, 1.165) is 18.8 Å². The number of benzene rings is 1. The van der Waals surface area contributed by atoms with Crippen molar-refractivity contribution in [2.45, 2.75) is 70.5 Å². The molecular weight excluding hydrogens is 268 g/mol. The minimum Gasteiger partial charge on any atom is -0.374 e. The van der Waals surface area contributed by atoms with Gasteiger partial charge in [-0.2, -0.15) is 0 Å². The second kappa shape index (κ2) is 7.46. The summed E-state index contributed by atoms with van der Waals surface area (Å²) >= 11 is 0. The highest BCUT2D eigenvalue weighted by atomic mass is 16.5. The lowest BCUT2D eigenvalue weighted by Crippen LogP contribution is -2.23. The molecule has 3 rings (SSSR count). The molecule has 1 aromatic carbocycles. The maximum absolute atomic E-state index is 6.54. The molecule has 1 heterocycles. The molecule has 3 atom stereocenters. The third-order valence-corrected chi connectivity index (χ3v) is 5.65. The summed E-state index contributed by atoms with van der Waals surface area (Å²) < 4.78 is 6.54. The third-order valence-electron chi connectivity index (χ3n) is 5.65. The van der Waals surface area contributed by atoms with Crippen LogP contribution in [0.3, 0.4) is 0 Å². The number of aryl methyl sites for hydroxylation is 1. The van der Waals surface area contributed by atoms with Crippen molar-refractivity contribution in [2.75, 3.05) is 0 Å². The average molecular weight is 298 g/mol. The SMILES string of the molecule is C=C(C)[C@H]1C[C@H](C2CCCCC2)O[C@@H]1CCc1ccccc1. The molecule has 0 N–H and O–H groups in total. The molecule has 1 aliphatic carbocycles. The molecule has 1 aliphatic heterocycles. The largest absolute Gasteiger partial charge is 0.374 e. The van der Waals surface area contributed by atoms with Gasteiger partial charge in [0.15, 0.2) is 0 Å². The molecule has 2 fully saturated rings. The van der Waals surface area contributed by atoms with E-state index in [1.165, 1.54) is 49.7 Å². The highest BCUT2D eigenvalue weighted by Crippen LogP contribution is 2.40. The maximum atomic E-state index is 6.54. The topological polar surface area (TPSA) is 9.23 Å². The second-order valence-corrected chi connectivity index (χ2v) is 7.32. The fraction of sp³-hybridized carbons (Fsp3) is 0.619. The Morgan fingerprint density at radius 2 is 1.86 bits per heavy atom. The Bertz CT molecular complexity index is 472. The van der Waals surface area contributed by atoms with Crippen molar-refractivity contribution in [1.82, 2.24) is 0 Å². The molecular formula is C21H30O. The van der Waals surface area contributed by atoms with E-state index in [0.29, 0.717) is 18.1 Å². The van der Waals surface area contributed by atoms with Gasteiger partial charge in [-0.3, -0.25) is 0 Å². The van der Waals surface area contributed by atoms with Crippen LogP contribution in [0.1, 0.15) is 57.4 Å². The van der Waals surface area contributed by atoms with E-state index in [4.69, 9.17) is 4.74 Å². The monoisotopic (exact) mass is 298 g/mol. The molecule has 1 saturated heterocycles. The van der Waals surface area contributed by atoms with Gasteiger partial charge >= 0.3 is 0 Å². The normalized spacial score (nSPS) is 29.6. The van der Waals surface area contributed by atoms with Gasteiger partial charge in [0.2, 0.25) is 0 Å². The Balaban J connectivity index is 1.60. The van der Waals surface area contributed by atoms with Crippen LogP contribution in [0.15, 0.2) is 42.5 Å². The highest BCUT2D eigenvalue weighted by Gasteiger charge is 2.39. The summed E-state index contributed by atoms with van der Waals surface area (Å²) in [6.45, 7) is 6.43. The van der Waals surface area contributed by atoms with Crippen LogP contribution in [0.2, 0.25) is 0 Å². The van der Waals surface area contributed by atoms with Gasteiger partial charge in [-0.1, -0.05) is 61.7 Å². The summed E-state index contributed by atoms with van der Waals surface area (Å²) in [6, 6.07) is 10.8. The molecule has 0 bridgehead atoms. The van der Waals surface area contributed by atoms with Crippen LogP contribution < -0.4 is 0 Å². The fourth-order valence-corrected chi connectivity index (χ4v) is 4.33. The molecule has 22 heavy (non-hydrogen) atoms. The molecule has 0 aromatic heterocycles. The van der Waals surface area contributed by atoms with Crippen LogP contribution in [0.5, 0.6) is 0 Å². The molecule has 0 spiro atoms. The molecule has 1 nitrogen and oxygen atoms in total. The zero-order valence-corrected chi connectivity index (χ0v) is 14.0. The van der Waals surface area contributed by atoms with Crippen molar-refractivity contribution < 1.29 is 4.74 Å². The van der Waals surface area contributed by atoms with E-state index in [2.05, 4.69) is 43.8 Å². The zero-order chi connectivity index (χ0) is 15.4. The average Bonchev–Trinajstić information content (AvgIpc) is 2.99. The van der Waals surface area contributed by atoms with Gasteiger partial charge < -0.3 is 4.74 Å². The smallest absolute Gasteiger partial charge is 0.0648 e. The predicted molar refractivity (Wildman–Crippen MR) is 92.9 cm³/mol. The Hall–Kier alpha value is -1.08.